The average Bonchev–Trinajstić information content (AvgIpc) is 2.54. The second-order valence-corrected chi connectivity index (χ2v) is 4.68. The van der Waals surface area contributed by atoms with E-state index in [1.54, 1.807) is 14.1 Å². The standard InChI is InChI=1S/C10H20N6O4S2/c1-11-9(21)15-13-3-5(14-16-10(22)12-2)7(19)8(20)6(18)4-17/h3,6-8,17-20H,4H2,1-2H3,(H2,11,15,21)(H2,12,16,22)/t6-,7-,8-/m1/s1. The summed E-state index contributed by atoms with van der Waals surface area (Å²) < 4.78 is 0. The zero-order chi connectivity index (χ0) is 17.1. The second kappa shape index (κ2) is 11.2. The third kappa shape index (κ3) is 7.53. The molecule has 0 aromatic rings. The molecule has 10 nitrogen and oxygen atoms in total. The van der Waals surface area contributed by atoms with E-state index in [-0.39, 0.29) is 15.9 Å². The summed E-state index contributed by atoms with van der Waals surface area (Å²) in [6.45, 7) is -0.729. The number of aliphatic hydroxyl groups excluding tert-OH is 4. The fourth-order valence-corrected chi connectivity index (χ4v) is 1.15. The lowest BCUT2D eigenvalue weighted by atomic mass is 10.0. The summed E-state index contributed by atoms with van der Waals surface area (Å²) in [6.07, 6.45) is -3.76. The van der Waals surface area contributed by atoms with Gasteiger partial charge in [0.15, 0.2) is 10.2 Å². The molecule has 0 aromatic carbocycles. The van der Waals surface area contributed by atoms with Crippen LogP contribution in [-0.4, -0.2) is 81.6 Å². The molecule has 0 saturated carbocycles. The van der Waals surface area contributed by atoms with Crippen molar-refractivity contribution in [1.82, 2.24) is 21.5 Å². The molecule has 0 amide bonds. The third-order valence-corrected chi connectivity index (χ3v) is 2.90. The zero-order valence-corrected chi connectivity index (χ0v) is 13.6. The molecule has 0 rings (SSSR count). The highest BCUT2D eigenvalue weighted by molar-refractivity contribution is 7.80. The van der Waals surface area contributed by atoms with E-state index in [9.17, 15) is 15.3 Å². The Bertz CT molecular complexity index is 434. The summed E-state index contributed by atoms with van der Waals surface area (Å²) in [5.41, 5.74) is 4.68. The van der Waals surface area contributed by atoms with Gasteiger partial charge in [0, 0.05) is 14.1 Å². The maximum atomic E-state index is 9.96. The molecule has 12 heteroatoms. The van der Waals surface area contributed by atoms with Crippen LogP contribution in [0.3, 0.4) is 0 Å². The van der Waals surface area contributed by atoms with Crippen LogP contribution in [0.25, 0.3) is 0 Å². The van der Waals surface area contributed by atoms with Crippen molar-refractivity contribution in [3.63, 3.8) is 0 Å². The minimum absolute atomic E-state index is 0.149. The van der Waals surface area contributed by atoms with Gasteiger partial charge in [-0.3, -0.25) is 10.9 Å². The monoisotopic (exact) mass is 352 g/mol. The second-order valence-electron chi connectivity index (χ2n) is 3.86. The van der Waals surface area contributed by atoms with E-state index in [2.05, 4.69) is 31.7 Å². The van der Waals surface area contributed by atoms with Crippen LogP contribution in [0, 0.1) is 0 Å². The highest BCUT2D eigenvalue weighted by Crippen LogP contribution is 2.01. The van der Waals surface area contributed by atoms with E-state index in [0.717, 1.165) is 6.21 Å². The Morgan fingerprint density at radius 2 is 1.64 bits per heavy atom. The molecular formula is C10H20N6O4S2. The lowest BCUT2D eigenvalue weighted by Gasteiger charge is -2.21. The Balaban J connectivity index is 5.06. The number of hydrazone groups is 2. The summed E-state index contributed by atoms with van der Waals surface area (Å²) in [5, 5.41) is 50.9. The average molecular weight is 352 g/mol. The van der Waals surface area contributed by atoms with E-state index >= 15 is 0 Å². The Morgan fingerprint density at radius 1 is 1.09 bits per heavy atom. The highest BCUT2D eigenvalue weighted by atomic mass is 32.1. The summed E-state index contributed by atoms with van der Waals surface area (Å²) in [5.74, 6) is 0. The Labute approximate surface area is 138 Å². The van der Waals surface area contributed by atoms with Gasteiger partial charge in [0.25, 0.3) is 0 Å². The molecule has 0 aliphatic heterocycles. The molecule has 22 heavy (non-hydrogen) atoms. The molecule has 0 aromatic heterocycles. The number of thiocarbonyl (C=S) groups is 2. The van der Waals surface area contributed by atoms with Gasteiger partial charge >= 0.3 is 0 Å². The summed E-state index contributed by atoms with van der Waals surface area (Å²) in [6, 6.07) is 0. The number of rotatable bonds is 7. The van der Waals surface area contributed by atoms with Crippen LogP contribution in [0.5, 0.6) is 0 Å². The molecule has 8 N–H and O–H groups in total. The molecule has 0 saturated heterocycles. The third-order valence-electron chi connectivity index (χ3n) is 2.31. The molecular weight excluding hydrogens is 332 g/mol. The first-order valence-electron chi connectivity index (χ1n) is 6.08. The predicted octanol–water partition coefficient (Wildman–Crippen LogP) is -3.41. The van der Waals surface area contributed by atoms with Crippen molar-refractivity contribution in [1.29, 1.82) is 0 Å². The normalized spacial score (nSPS) is 15.8. The van der Waals surface area contributed by atoms with Gasteiger partial charge in [-0.1, -0.05) is 0 Å². The predicted molar refractivity (Wildman–Crippen MR) is 90.6 cm³/mol. The summed E-state index contributed by atoms with van der Waals surface area (Å²) >= 11 is 9.62. The van der Waals surface area contributed by atoms with Crippen LogP contribution in [-0.2, 0) is 0 Å². The Hall–Kier alpha value is -1.44. The molecule has 0 aliphatic rings. The molecule has 0 unspecified atom stereocenters. The number of nitrogens with one attached hydrogen (secondary N) is 4. The molecule has 0 bridgehead atoms. The van der Waals surface area contributed by atoms with Crippen LogP contribution in [0.2, 0.25) is 0 Å². The first-order chi connectivity index (χ1) is 10.4. The van der Waals surface area contributed by atoms with Crippen molar-refractivity contribution in [3.8, 4) is 0 Å². The van der Waals surface area contributed by atoms with Crippen molar-refractivity contribution in [2.24, 2.45) is 10.2 Å². The zero-order valence-electron chi connectivity index (χ0n) is 12.0. The first-order valence-corrected chi connectivity index (χ1v) is 6.90. The van der Waals surface area contributed by atoms with Crippen molar-refractivity contribution < 1.29 is 20.4 Å². The minimum Gasteiger partial charge on any atom is -0.394 e. The number of nitrogens with zero attached hydrogens (tertiary/aromatic N) is 2. The highest BCUT2D eigenvalue weighted by Gasteiger charge is 2.27. The van der Waals surface area contributed by atoms with E-state index < -0.39 is 24.9 Å². The van der Waals surface area contributed by atoms with Gasteiger partial charge < -0.3 is 31.1 Å². The topological polar surface area (TPSA) is 154 Å². The quantitative estimate of drug-likeness (QED) is 0.132. The Morgan fingerprint density at radius 3 is 2.14 bits per heavy atom. The van der Waals surface area contributed by atoms with Crippen molar-refractivity contribution in [2.45, 2.75) is 18.3 Å². The number of hydrogen-bond donors (Lipinski definition) is 8. The van der Waals surface area contributed by atoms with Crippen LogP contribution in [0.15, 0.2) is 10.2 Å². The first kappa shape index (κ1) is 20.6. The van der Waals surface area contributed by atoms with Crippen LogP contribution in [0.1, 0.15) is 0 Å². The SMILES string of the molecule is CNC(=S)NN=CC(=NNC(=S)NC)[C@@H](O)[C@H](O)[C@H](O)CO. The smallest absolute Gasteiger partial charge is 0.186 e. The molecule has 0 radical (unpaired) electrons. The van der Waals surface area contributed by atoms with E-state index in [1.165, 1.54) is 0 Å². The molecule has 0 fully saturated rings. The van der Waals surface area contributed by atoms with Gasteiger partial charge in [0.2, 0.25) is 0 Å². The fourth-order valence-electron chi connectivity index (χ4n) is 1.05. The van der Waals surface area contributed by atoms with E-state index in [1.807, 2.05) is 0 Å². The van der Waals surface area contributed by atoms with E-state index in [4.69, 9.17) is 29.5 Å². The summed E-state index contributed by atoms with van der Waals surface area (Å²) in [4.78, 5) is 0. The van der Waals surface area contributed by atoms with E-state index in [0.29, 0.717) is 0 Å². The van der Waals surface area contributed by atoms with Gasteiger partial charge in [0.1, 0.15) is 24.0 Å². The van der Waals surface area contributed by atoms with Gasteiger partial charge in [-0.05, 0) is 24.4 Å². The lowest BCUT2D eigenvalue weighted by Crippen LogP contribution is -2.45. The number of aliphatic hydroxyl groups is 4. The van der Waals surface area contributed by atoms with Crippen molar-refractivity contribution in [3.05, 3.63) is 0 Å². The fraction of sp³-hybridized carbons (Fsp3) is 0.600. The van der Waals surface area contributed by atoms with Gasteiger partial charge in [0.05, 0.1) is 12.8 Å². The Kier molecular flexibility index (Phi) is 10.4. The number of hydrogen-bond acceptors (Lipinski definition) is 8. The maximum absolute atomic E-state index is 9.96. The minimum atomic E-state index is -1.67. The molecule has 0 aliphatic carbocycles. The van der Waals surface area contributed by atoms with Crippen LogP contribution < -0.4 is 21.5 Å². The van der Waals surface area contributed by atoms with Gasteiger partial charge in [-0.2, -0.15) is 10.2 Å². The van der Waals surface area contributed by atoms with Crippen LogP contribution in [0.4, 0.5) is 0 Å². The molecule has 3 atom stereocenters. The van der Waals surface area contributed by atoms with Crippen LogP contribution >= 0.6 is 24.4 Å². The molecule has 0 heterocycles. The van der Waals surface area contributed by atoms with Gasteiger partial charge in [-0.15, -0.1) is 0 Å². The molecule has 0 spiro atoms. The van der Waals surface area contributed by atoms with Crippen molar-refractivity contribution >= 4 is 46.6 Å². The maximum Gasteiger partial charge on any atom is 0.186 e. The lowest BCUT2D eigenvalue weighted by molar-refractivity contribution is -0.0549. The van der Waals surface area contributed by atoms with Crippen molar-refractivity contribution in [2.75, 3.05) is 20.7 Å². The molecule has 126 valence electrons. The largest absolute Gasteiger partial charge is 0.394 e. The van der Waals surface area contributed by atoms with Gasteiger partial charge in [-0.25, -0.2) is 0 Å². The summed E-state index contributed by atoms with van der Waals surface area (Å²) in [7, 11) is 3.15.